The molecule has 4 nitrogen and oxygen atoms in total. The Bertz CT molecular complexity index is 478. The molecule has 3 N–H and O–H groups in total. The molecule has 2 unspecified atom stereocenters. The van der Waals surface area contributed by atoms with Crippen LogP contribution in [-0.4, -0.2) is 36.5 Å². The van der Waals surface area contributed by atoms with Gasteiger partial charge in [-0.25, -0.2) is 4.39 Å². The molecular formula is C14H20FN3O. The highest BCUT2D eigenvalue weighted by molar-refractivity contribution is 5.99. The predicted octanol–water partition coefficient (Wildman–Crippen LogP) is 1.62. The molecular weight excluding hydrogens is 245 g/mol. The number of nitrogens with two attached hydrogens (primary N) is 1. The Morgan fingerprint density at radius 3 is 2.95 bits per heavy atom. The SMILES string of the molecule is CC1CC(NC(=O)c2cccc(F)c2N)CCN1C. The molecule has 2 atom stereocenters. The first-order valence-electron chi connectivity index (χ1n) is 6.54. The number of halogens is 1. The van der Waals surface area contributed by atoms with Crippen LogP contribution in [-0.2, 0) is 0 Å². The average molecular weight is 265 g/mol. The van der Waals surface area contributed by atoms with Crippen LogP contribution in [0.2, 0.25) is 0 Å². The molecule has 1 fully saturated rings. The number of anilines is 1. The Hall–Kier alpha value is -1.62. The van der Waals surface area contributed by atoms with Crippen molar-refractivity contribution in [2.45, 2.75) is 31.8 Å². The zero-order valence-electron chi connectivity index (χ0n) is 11.3. The Kier molecular flexibility index (Phi) is 4.04. The molecule has 1 amide bonds. The van der Waals surface area contributed by atoms with Gasteiger partial charge in [-0.2, -0.15) is 0 Å². The molecule has 0 spiro atoms. The van der Waals surface area contributed by atoms with Crippen molar-refractivity contribution in [2.75, 3.05) is 19.3 Å². The van der Waals surface area contributed by atoms with E-state index in [0.717, 1.165) is 19.4 Å². The summed E-state index contributed by atoms with van der Waals surface area (Å²) in [4.78, 5) is 14.4. The number of piperidine rings is 1. The third-order valence-corrected chi connectivity index (χ3v) is 3.84. The van der Waals surface area contributed by atoms with E-state index in [-0.39, 0.29) is 23.2 Å². The quantitative estimate of drug-likeness (QED) is 0.799. The number of para-hydroxylation sites is 1. The van der Waals surface area contributed by atoms with E-state index in [4.69, 9.17) is 5.73 Å². The first-order chi connectivity index (χ1) is 8.99. The summed E-state index contributed by atoms with van der Waals surface area (Å²) in [7, 11) is 2.08. The number of amides is 1. The third-order valence-electron chi connectivity index (χ3n) is 3.84. The summed E-state index contributed by atoms with van der Waals surface area (Å²) in [6.45, 7) is 3.08. The molecule has 0 radical (unpaired) electrons. The average Bonchev–Trinajstić information content (AvgIpc) is 2.37. The standard InChI is InChI=1S/C14H20FN3O/c1-9-8-10(6-7-18(9)2)17-14(19)11-4-3-5-12(15)13(11)16/h3-5,9-10H,6-8,16H2,1-2H3,(H,17,19). The van der Waals surface area contributed by atoms with Crippen molar-refractivity contribution in [1.29, 1.82) is 0 Å². The first-order valence-corrected chi connectivity index (χ1v) is 6.54. The van der Waals surface area contributed by atoms with E-state index in [0.29, 0.717) is 6.04 Å². The fourth-order valence-electron chi connectivity index (χ4n) is 2.42. The number of hydrogen-bond acceptors (Lipinski definition) is 3. The van der Waals surface area contributed by atoms with Gasteiger partial charge in [0.1, 0.15) is 5.82 Å². The maximum Gasteiger partial charge on any atom is 0.253 e. The molecule has 1 aromatic rings. The van der Waals surface area contributed by atoms with Crippen LogP contribution in [0.25, 0.3) is 0 Å². The molecule has 1 saturated heterocycles. The van der Waals surface area contributed by atoms with Gasteiger partial charge in [0.15, 0.2) is 0 Å². The van der Waals surface area contributed by atoms with Crippen molar-refractivity contribution in [3.8, 4) is 0 Å². The second-order valence-corrected chi connectivity index (χ2v) is 5.23. The number of nitrogens with one attached hydrogen (secondary N) is 1. The molecule has 19 heavy (non-hydrogen) atoms. The summed E-state index contributed by atoms with van der Waals surface area (Å²) in [6, 6.07) is 4.86. The molecule has 5 heteroatoms. The van der Waals surface area contributed by atoms with Crippen molar-refractivity contribution < 1.29 is 9.18 Å². The van der Waals surface area contributed by atoms with Gasteiger partial charge < -0.3 is 16.0 Å². The number of hydrogen-bond donors (Lipinski definition) is 2. The lowest BCUT2D eigenvalue weighted by atomic mass is 9.98. The van der Waals surface area contributed by atoms with Crippen LogP contribution >= 0.6 is 0 Å². The van der Waals surface area contributed by atoms with E-state index < -0.39 is 5.82 Å². The van der Waals surface area contributed by atoms with Crippen LogP contribution in [0.3, 0.4) is 0 Å². The van der Waals surface area contributed by atoms with E-state index in [1.807, 2.05) is 0 Å². The number of rotatable bonds is 2. The van der Waals surface area contributed by atoms with Crippen molar-refractivity contribution in [2.24, 2.45) is 0 Å². The number of benzene rings is 1. The second kappa shape index (κ2) is 5.57. The fraction of sp³-hybridized carbons (Fsp3) is 0.500. The Morgan fingerprint density at radius 2 is 2.26 bits per heavy atom. The van der Waals surface area contributed by atoms with Crippen molar-refractivity contribution in [1.82, 2.24) is 10.2 Å². The molecule has 1 aliphatic heterocycles. The van der Waals surface area contributed by atoms with Gasteiger partial charge in [-0.1, -0.05) is 6.07 Å². The predicted molar refractivity (Wildman–Crippen MR) is 73.4 cm³/mol. The Balaban J connectivity index is 2.03. The van der Waals surface area contributed by atoms with Crippen LogP contribution in [0, 0.1) is 5.82 Å². The largest absolute Gasteiger partial charge is 0.396 e. The van der Waals surface area contributed by atoms with Gasteiger partial charge >= 0.3 is 0 Å². The van der Waals surface area contributed by atoms with Gasteiger partial charge in [-0.3, -0.25) is 4.79 Å². The van der Waals surface area contributed by atoms with E-state index in [1.165, 1.54) is 12.1 Å². The molecule has 0 saturated carbocycles. The fourth-order valence-corrected chi connectivity index (χ4v) is 2.42. The maximum absolute atomic E-state index is 13.3. The van der Waals surface area contributed by atoms with E-state index >= 15 is 0 Å². The van der Waals surface area contributed by atoms with E-state index in [1.54, 1.807) is 6.07 Å². The zero-order chi connectivity index (χ0) is 14.0. The molecule has 104 valence electrons. The van der Waals surface area contributed by atoms with Crippen LogP contribution in [0.1, 0.15) is 30.1 Å². The lowest BCUT2D eigenvalue weighted by Crippen LogP contribution is -2.47. The minimum atomic E-state index is -0.551. The van der Waals surface area contributed by atoms with E-state index in [9.17, 15) is 9.18 Å². The van der Waals surface area contributed by atoms with Gasteiger partial charge in [0, 0.05) is 18.6 Å². The van der Waals surface area contributed by atoms with Gasteiger partial charge in [-0.05, 0) is 38.9 Å². The summed E-state index contributed by atoms with van der Waals surface area (Å²) < 4.78 is 13.3. The minimum Gasteiger partial charge on any atom is -0.396 e. The van der Waals surface area contributed by atoms with Crippen LogP contribution < -0.4 is 11.1 Å². The molecule has 2 rings (SSSR count). The van der Waals surface area contributed by atoms with Gasteiger partial charge in [0.25, 0.3) is 5.91 Å². The van der Waals surface area contributed by atoms with Gasteiger partial charge in [-0.15, -0.1) is 0 Å². The molecule has 1 aromatic carbocycles. The lowest BCUT2D eigenvalue weighted by Gasteiger charge is -2.35. The normalized spacial score (nSPS) is 24.2. The molecule has 1 aliphatic rings. The first kappa shape index (κ1) is 13.8. The number of carbonyl (C=O) groups excluding carboxylic acids is 1. The second-order valence-electron chi connectivity index (χ2n) is 5.23. The lowest BCUT2D eigenvalue weighted by molar-refractivity contribution is 0.0897. The molecule has 0 bridgehead atoms. The smallest absolute Gasteiger partial charge is 0.253 e. The van der Waals surface area contributed by atoms with Crippen LogP contribution in [0.15, 0.2) is 18.2 Å². The van der Waals surface area contributed by atoms with Crippen LogP contribution in [0.4, 0.5) is 10.1 Å². The highest BCUT2D eigenvalue weighted by Crippen LogP contribution is 2.18. The van der Waals surface area contributed by atoms with Gasteiger partial charge in [0.05, 0.1) is 11.3 Å². The van der Waals surface area contributed by atoms with Crippen molar-refractivity contribution in [3.63, 3.8) is 0 Å². The van der Waals surface area contributed by atoms with Crippen LogP contribution in [0.5, 0.6) is 0 Å². The van der Waals surface area contributed by atoms with Crippen molar-refractivity contribution in [3.05, 3.63) is 29.6 Å². The topological polar surface area (TPSA) is 58.4 Å². The van der Waals surface area contributed by atoms with Gasteiger partial charge in [0.2, 0.25) is 0 Å². The molecule has 1 heterocycles. The summed E-state index contributed by atoms with van der Waals surface area (Å²) >= 11 is 0. The molecule has 0 aliphatic carbocycles. The highest BCUT2D eigenvalue weighted by Gasteiger charge is 2.25. The van der Waals surface area contributed by atoms with E-state index in [2.05, 4.69) is 24.2 Å². The van der Waals surface area contributed by atoms with Crippen molar-refractivity contribution >= 4 is 11.6 Å². The number of likely N-dealkylation sites (tertiary alicyclic amines) is 1. The number of carbonyl (C=O) groups is 1. The minimum absolute atomic E-state index is 0.0824. The monoisotopic (exact) mass is 265 g/mol. The Labute approximate surface area is 112 Å². The third kappa shape index (κ3) is 3.04. The summed E-state index contributed by atoms with van der Waals surface area (Å²) in [5.41, 5.74) is 5.73. The zero-order valence-corrected chi connectivity index (χ0v) is 11.3. The number of nitrogens with zero attached hydrogens (tertiary/aromatic N) is 1. The molecule has 0 aromatic heterocycles. The maximum atomic E-state index is 13.3. The number of nitrogen functional groups attached to an aromatic ring is 1. The highest BCUT2D eigenvalue weighted by atomic mass is 19.1. The summed E-state index contributed by atoms with van der Waals surface area (Å²) in [5, 5.41) is 2.94. The summed E-state index contributed by atoms with van der Waals surface area (Å²) in [6.07, 6.45) is 1.80. The summed E-state index contributed by atoms with van der Waals surface area (Å²) in [5.74, 6) is -0.844. The Morgan fingerprint density at radius 1 is 1.53 bits per heavy atom.